The molecule has 4 nitrogen and oxygen atoms in total. The third kappa shape index (κ3) is 1.93. The Labute approximate surface area is 65.3 Å². The summed E-state index contributed by atoms with van der Waals surface area (Å²) < 4.78 is 0. The number of carbonyl (C=O) groups is 2. The second-order valence-electron chi connectivity index (χ2n) is 2.52. The minimum absolute atomic E-state index is 0.557. The maximum atomic E-state index is 10.9. The van der Waals surface area contributed by atoms with E-state index in [4.69, 9.17) is 5.73 Å². The molecule has 1 fully saturated rings. The maximum Gasteiger partial charge on any atom is 0.311 e. The van der Waals surface area contributed by atoms with Crippen molar-refractivity contribution in [3.8, 4) is 0 Å². The molecule has 0 aliphatic carbocycles. The van der Waals surface area contributed by atoms with Gasteiger partial charge in [0.1, 0.15) is 0 Å². The average Bonchev–Trinajstić information content (AvgIpc) is 2.05. The third-order valence-corrected chi connectivity index (χ3v) is 1.70. The van der Waals surface area contributed by atoms with Crippen LogP contribution >= 0.6 is 0 Å². The average molecular weight is 155 g/mol. The molecule has 0 unspecified atom stereocenters. The summed E-state index contributed by atoms with van der Waals surface area (Å²) in [5.74, 6) is -1.41. The van der Waals surface area contributed by atoms with E-state index in [9.17, 15) is 9.59 Å². The zero-order chi connectivity index (χ0) is 8.27. The van der Waals surface area contributed by atoms with Crippen LogP contribution in [0, 0.1) is 6.42 Å². The number of rotatable bonds is 0. The van der Waals surface area contributed by atoms with Crippen LogP contribution < -0.4 is 5.73 Å². The first-order valence-corrected chi connectivity index (χ1v) is 3.62. The first-order valence-electron chi connectivity index (χ1n) is 3.62. The molecule has 1 rings (SSSR count). The lowest BCUT2D eigenvalue weighted by Crippen LogP contribution is -2.43. The van der Waals surface area contributed by atoms with Crippen LogP contribution in [0.4, 0.5) is 0 Å². The van der Waals surface area contributed by atoms with Crippen molar-refractivity contribution in [1.82, 2.24) is 4.90 Å². The molecule has 61 valence electrons. The predicted octanol–water partition coefficient (Wildman–Crippen LogP) is -0.702. The lowest BCUT2D eigenvalue weighted by atomic mass is 10.1. The number of nitrogens with two attached hydrogens (primary N) is 1. The lowest BCUT2D eigenvalue weighted by Gasteiger charge is -2.24. The van der Waals surface area contributed by atoms with Gasteiger partial charge in [-0.2, -0.15) is 0 Å². The number of nitrogens with zero attached hydrogens (tertiary/aromatic N) is 1. The number of carbonyl (C=O) groups excluding carboxylic acids is 2. The molecule has 2 N–H and O–H groups in total. The van der Waals surface area contributed by atoms with E-state index in [0.717, 1.165) is 12.8 Å². The number of likely N-dealkylation sites (tertiary alicyclic amines) is 1. The van der Waals surface area contributed by atoms with Crippen molar-refractivity contribution in [2.45, 2.75) is 12.8 Å². The maximum absolute atomic E-state index is 10.9. The van der Waals surface area contributed by atoms with Crippen molar-refractivity contribution >= 4 is 11.8 Å². The Morgan fingerprint density at radius 2 is 1.82 bits per heavy atom. The highest BCUT2D eigenvalue weighted by molar-refractivity contribution is 6.34. The first-order chi connectivity index (χ1) is 5.22. The Morgan fingerprint density at radius 1 is 1.27 bits per heavy atom. The molecule has 0 atom stereocenters. The van der Waals surface area contributed by atoms with Crippen LogP contribution in [0.1, 0.15) is 12.8 Å². The number of primary amides is 1. The fraction of sp³-hybridized carbons (Fsp3) is 0.571. The van der Waals surface area contributed by atoms with E-state index >= 15 is 0 Å². The van der Waals surface area contributed by atoms with Crippen molar-refractivity contribution in [2.24, 2.45) is 5.73 Å². The summed E-state index contributed by atoms with van der Waals surface area (Å²) >= 11 is 0. The number of hydrogen-bond acceptors (Lipinski definition) is 2. The van der Waals surface area contributed by atoms with Gasteiger partial charge in [0, 0.05) is 13.1 Å². The van der Waals surface area contributed by atoms with Gasteiger partial charge in [0.15, 0.2) is 0 Å². The van der Waals surface area contributed by atoms with E-state index in [1.807, 2.05) is 0 Å². The summed E-state index contributed by atoms with van der Waals surface area (Å²) in [7, 11) is 0. The van der Waals surface area contributed by atoms with Gasteiger partial charge in [-0.1, -0.05) is 0 Å². The topological polar surface area (TPSA) is 63.4 Å². The molecule has 0 bridgehead atoms. The van der Waals surface area contributed by atoms with E-state index in [2.05, 4.69) is 6.42 Å². The van der Waals surface area contributed by atoms with Crippen LogP contribution in [-0.2, 0) is 9.59 Å². The standard InChI is InChI=1S/C7H11N2O2/c8-6(10)7(11)9-4-2-1-3-5-9/h1H,2-5H2,(H2,8,10). The predicted molar refractivity (Wildman–Crippen MR) is 39.3 cm³/mol. The highest BCUT2D eigenvalue weighted by Crippen LogP contribution is 2.06. The van der Waals surface area contributed by atoms with Crippen LogP contribution in [0.3, 0.4) is 0 Å². The quantitative estimate of drug-likeness (QED) is 0.470. The van der Waals surface area contributed by atoms with Gasteiger partial charge in [-0.05, 0) is 19.3 Å². The van der Waals surface area contributed by atoms with Gasteiger partial charge < -0.3 is 10.6 Å². The first kappa shape index (κ1) is 8.04. The van der Waals surface area contributed by atoms with Gasteiger partial charge >= 0.3 is 11.8 Å². The number of amides is 2. The Hall–Kier alpha value is -1.06. The van der Waals surface area contributed by atoms with E-state index in [0.29, 0.717) is 13.1 Å². The van der Waals surface area contributed by atoms with Gasteiger partial charge in [0.25, 0.3) is 0 Å². The Bertz CT molecular complexity index is 173. The van der Waals surface area contributed by atoms with Crippen molar-refractivity contribution < 1.29 is 9.59 Å². The molecule has 11 heavy (non-hydrogen) atoms. The molecular weight excluding hydrogens is 144 g/mol. The van der Waals surface area contributed by atoms with Crippen LogP contribution in [0.15, 0.2) is 0 Å². The van der Waals surface area contributed by atoms with Gasteiger partial charge in [0.05, 0.1) is 0 Å². The van der Waals surface area contributed by atoms with Gasteiger partial charge in [-0.25, -0.2) is 0 Å². The fourth-order valence-electron chi connectivity index (χ4n) is 1.11. The second-order valence-corrected chi connectivity index (χ2v) is 2.52. The lowest BCUT2D eigenvalue weighted by molar-refractivity contribution is -0.144. The normalized spacial score (nSPS) is 18.0. The second kappa shape index (κ2) is 3.37. The minimum Gasteiger partial charge on any atom is -0.361 e. The van der Waals surface area contributed by atoms with Crippen molar-refractivity contribution in [2.75, 3.05) is 13.1 Å². The molecule has 2 amide bonds. The molecule has 4 heteroatoms. The van der Waals surface area contributed by atoms with E-state index in [-0.39, 0.29) is 0 Å². The van der Waals surface area contributed by atoms with Crippen molar-refractivity contribution in [3.05, 3.63) is 6.42 Å². The summed E-state index contributed by atoms with van der Waals surface area (Å²) in [6, 6.07) is 0. The summed E-state index contributed by atoms with van der Waals surface area (Å²) in [6.07, 6.45) is 3.82. The van der Waals surface area contributed by atoms with Crippen LogP contribution in [0.5, 0.6) is 0 Å². The highest BCUT2D eigenvalue weighted by atomic mass is 16.2. The number of hydrogen-bond donors (Lipinski definition) is 1. The largest absolute Gasteiger partial charge is 0.361 e. The smallest absolute Gasteiger partial charge is 0.311 e. The molecular formula is C7H11N2O2. The molecule has 0 saturated carbocycles. The molecule has 0 spiro atoms. The number of piperidine rings is 1. The summed E-state index contributed by atoms with van der Waals surface area (Å²) in [4.78, 5) is 22.8. The highest BCUT2D eigenvalue weighted by Gasteiger charge is 2.20. The van der Waals surface area contributed by atoms with Crippen molar-refractivity contribution in [3.63, 3.8) is 0 Å². The zero-order valence-electron chi connectivity index (χ0n) is 6.25. The minimum atomic E-state index is -0.855. The molecule has 1 saturated heterocycles. The summed E-state index contributed by atoms with van der Waals surface area (Å²) in [6.45, 7) is 1.25. The van der Waals surface area contributed by atoms with Crippen LogP contribution in [-0.4, -0.2) is 29.8 Å². The van der Waals surface area contributed by atoms with Gasteiger partial charge in [-0.3, -0.25) is 9.59 Å². The molecule has 0 aromatic rings. The molecule has 1 radical (unpaired) electrons. The Morgan fingerprint density at radius 3 is 2.27 bits per heavy atom. The molecule has 1 aliphatic heterocycles. The van der Waals surface area contributed by atoms with E-state index in [1.54, 1.807) is 0 Å². The SMILES string of the molecule is NC(=O)C(=O)N1CC[CH]CC1. The monoisotopic (exact) mass is 155 g/mol. The van der Waals surface area contributed by atoms with E-state index < -0.39 is 11.8 Å². The van der Waals surface area contributed by atoms with Gasteiger partial charge in [0.2, 0.25) is 0 Å². The third-order valence-electron chi connectivity index (χ3n) is 1.70. The Balaban J connectivity index is 2.45. The van der Waals surface area contributed by atoms with E-state index in [1.165, 1.54) is 4.90 Å². The Kier molecular flexibility index (Phi) is 2.46. The van der Waals surface area contributed by atoms with Crippen molar-refractivity contribution in [1.29, 1.82) is 0 Å². The molecule has 0 aromatic carbocycles. The van der Waals surface area contributed by atoms with Crippen LogP contribution in [0.2, 0.25) is 0 Å². The summed E-state index contributed by atoms with van der Waals surface area (Å²) in [5, 5.41) is 0. The molecule has 0 aromatic heterocycles. The van der Waals surface area contributed by atoms with Crippen LogP contribution in [0.25, 0.3) is 0 Å². The zero-order valence-corrected chi connectivity index (χ0v) is 6.25. The fourth-order valence-corrected chi connectivity index (χ4v) is 1.11. The van der Waals surface area contributed by atoms with Gasteiger partial charge in [-0.15, -0.1) is 0 Å². The molecule has 1 heterocycles. The summed E-state index contributed by atoms with van der Waals surface area (Å²) in [5.41, 5.74) is 4.83. The molecule has 1 aliphatic rings.